The summed E-state index contributed by atoms with van der Waals surface area (Å²) in [6, 6.07) is 6.57. The predicted molar refractivity (Wildman–Crippen MR) is 82.6 cm³/mol. The minimum absolute atomic E-state index is 0.102. The Morgan fingerprint density at radius 2 is 2.20 bits per heavy atom. The summed E-state index contributed by atoms with van der Waals surface area (Å²) in [7, 11) is 2.01. The zero-order valence-electron chi connectivity index (χ0n) is 13.3. The van der Waals surface area contributed by atoms with Crippen molar-refractivity contribution in [2.75, 3.05) is 7.05 Å². The maximum absolute atomic E-state index is 6.24. The molecule has 2 rings (SSSR count). The fourth-order valence-corrected chi connectivity index (χ4v) is 2.60. The van der Waals surface area contributed by atoms with Crippen LogP contribution in [0.4, 0.5) is 0 Å². The van der Waals surface area contributed by atoms with Gasteiger partial charge in [-0.25, -0.2) is 0 Å². The minimum atomic E-state index is -0.102. The first-order valence-corrected chi connectivity index (χ1v) is 7.68. The lowest BCUT2D eigenvalue weighted by Gasteiger charge is -2.39. The normalized spacial score (nSPS) is 26.6. The molecule has 0 spiro atoms. The second kappa shape index (κ2) is 6.04. The van der Waals surface area contributed by atoms with Crippen LogP contribution in [0.5, 0.6) is 11.5 Å². The molecule has 1 aliphatic rings. The summed E-state index contributed by atoms with van der Waals surface area (Å²) in [5.41, 5.74) is 1.13. The van der Waals surface area contributed by atoms with Crippen molar-refractivity contribution in [2.45, 2.75) is 64.7 Å². The van der Waals surface area contributed by atoms with E-state index in [1.54, 1.807) is 0 Å². The van der Waals surface area contributed by atoms with Crippen LogP contribution in [0.1, 0.15) is 58.6 Å². The van der Waals surface area contributed by atoms with Crippen molar-refractivity contribution in [3.63, 3.8) is 0 Å². The van der Waals surface area contributed by atoms with Crippen LogP contribution < -0.4 is 14.8 Å². The van der Waals surface area contributed by atoms with Crippen molar-refractivity contribution in [1.82, 2.24) is 5.32 Å². The predicted octanol–water partition coefficient (Wildman–Crippen LogP) is 4.08. The SMILES string of the molecule is CCC(C)Oc1ccc2c(c1)OC(C)(CC)CC2NC. The first-order chi connectivity index (χ1) is 9.51. The maximum atomic E-state index is 6.24. The molecule has 0 fully saturated rings. The van der Waals surface area contributed by atoms with Crippen molar-refractivity contribution >= 4 is 0 Å². The topological polar surface area (TPSA) is 30.5 Å². The smallest absolute Gasteiger partial charge is 0.128 e. The van der Waals surface area contributed by atoms with Gasteiger partial charge in [0.1, 0.15) is 17.1 Å². The zero-order valence-corrected chi connectivity index (χ0v) is 13.3. The number of hydrogen-bond acceptors (Lipinski definition) is 3. The fraction of sp³-hybridized carbons (Fsp3) is 0.647. The molecule has 1 heterocycles. The van der Waals surface area contributed by atoms with E-state index in [4.69, 9.17) is 9.47 Å². The summed E-state index contributed by atoms with van der Waals surface area (Å²) >= 11 is 0. The average Bonchev–Trinajstić information content (AvgIpc) is 2.45. The quantitative estimate of drug-likeness (QED) is 0.880. The van der Waals surface area contributed by atoms with Gasteiger partial charge in [0.25, 0.3) is 0 Å². The van der Waals surface area contributed by atoms with Gasteiger partial charge >= 0.3 is 0 Å². The van der Waals surface area contributed by atoms with E-state index in [2.05, 4.69) is 39.1 Å². The van der Waals surface area contributed by atoms with Gasteiger partial charge in [-0.15, -0.1) is 0 Å². The van der Waals surface area contributed by atoms with Gasteiger partial charge in [0, 0.05) is 24.1 Å². The number of nitrogens with one attached hydrogen (secondary N) is 1. The van der Waals surface area contributed by atoms with E-state index in [-0.39, 0.29) is 11.7 Å². The highest BCUT2D eigenvalue weighted by atomic mass is 16.5. The molecule has 1 aromatic rings. The lowest BCUT2D eigenvalue weighted by atomic mass is 9.87. The number of fused-ring (bicyclic) bond motifs is 1. The molecule has 0 amide bonds. The molecule has 1 aromatic carbocycles. The Morgan fingerprint density at radius 1 is 1.45 bits per heavy atom. The van der Waals surface area contributed by atoms with Crippen molar-refractivity contribution in [2.24, 2.45) is 0 Å². The third-order valence-corrected chi connectivity index (χ3v) is 4.36. The molecule has 1 aliphatic heterocycles. The zero-order chi connectivity index (χ0) is 14.8. The highest BCUT2D eigenvalue weighted by molar-refractivity contribution is 5.44. The Hall–Kier alpha value is -1.22. The van der Waals surface area contributed by atoms with E-state index in [1.807, 2.05) is 19.2 Å². The van der Waals surface area contributed by atoms with E-state index >= 15 is 0 Å². The molecule has 3 nitrogen and oxygen atoms in total. The summed E-state index contributed by atoms with van der Waals surface area (Å²) in [4.78, 5) is 0. The number of rotatable bonds is 5. The molecule has 20 heavy (non-hydrogen) atoms. The summed E-state index contributed by atoms with van der Waals surface area (Å²) < 4.78 is 12.1. The van der Waals surface area contributed by atoms with Crippen molar-refractivity contribution < 1.29 is 9.47 Å². The van der Waals surface area contributed by atoms with Gasteiger partial charge in [0.05, 0.1) is 6.10 Å². The number of hydrogen-bond donors (Lipinski definition) is 1. The van der Waals surface area contributed by atoms with Crippen LogP contribution in [0.3, 0.4) is 0 Å². The summed E-state index contributed by atoms with van der Waals surface area (Å²) in [5, 5.41) is 3.40. The molecule has 112 valence electrons. The lowest BCUT2D eigenvalue weighted by molar-refractivity contribution is 0.0450. The summed E-state index contributed by atoms with van der Waals surface area (Å²) in [6.07, 6.45) is 3.23. The van der Waals surface area contributed by atoms with Crippen LogP contribution >= 0.6 is 0 Å². The Morgan fingerprint density at radius 3 is 2.80 bits per heavy atom. The Labute approximate surface area is 122 Å². The molecule has 3 unspecified atom stereocenters. The van der Waals surface area contributed by atoms with Crippen molar-refractivity contribution in [1.29, 1.82) is 0 Å². The Kier molecular flexibility index (Phi) is 4.59. The second-order valence-corrected chi connectivity index (χ2v) is 5.99. The van der Waals surface area contributed by atoms with Gasteiger partial charge in [-0.2, -0.15) is 0 Å². The van der Waals surface area contributed by atoms with Gasteiger partial charge in [0.15, 0.2) is 0 Å². The Bertz CT molecular complexity index is 460. The number of benzene rings is 1. The Balaban J connectivity index is 2.29. The number of ether oxygens (including phenoxy) is 2. The molecule has 0 aliphatic carbocycles. The third kappa shape index (κ3) is 3.09. The van der Waals surface area contributed by atoms with Crippen LogP contribution in [-0.2, 0) is 0 Å². The molecule has 1 N–H and O–H groups in total. The van der Waals surface area contributed by atoms with E-state index in [9.17, 15) is 0 Å². The molecule has 0 bridgehead atoms. The summed E-state index contributed by atoms with van der Waals surface area (Å²) in [6.45, 7) is 8.58. The van der Waals surface area contributed by atoms with Gasteiger partial charge < -0.3 is 14.8 Å². The van der Waals surface area contributed by atoms with Crippen LogP contribution in [0.2, 0.25) is 0 Å². The molecule has 0 saturated heterocycles. The van der Waals surface area contributed by atoms with Crippen LogP contribution in [0.25, 0.3) is 0 Å². The second-order valence-electron chi connectivity index (χ2n) is 5.99. The minimum Gasteiger partial charge on any atom is -0.491 e. The molecule has 0 radical (unpaired) electrons. The van der Waals surface area contributed by atoms with Crippen molar-refractivity contribution in [3.8, 4) is 11.5 Å². The molecular formula is C17H27NO2. The first-order valence-electron chi connectivity index (χ1n) is 7.68. The highest BCUT2D eigenvalue weighted by Crippen LogP contribution is 2.42. The molecule has 3 atom stereocenters. The highest BCUT2D eigenvalue weighted by Gasteiger charge is 2.35. The van der Waals surface area contributed by atoms with E-state index in [0.29, 0.717) is 6.04 Å². The van der Waals surface area contributed by atoms with Gasteiger partial charge in [-0.3, -0.25) is 0 Å². The third-order valence-electron chi connectivity index (χ3n) is 4.36. The van der Waals surface area contributed by atoms with Crippen LogP contribution in [0, 0.1) is 0 Å². The average molecular weight is 277 g/mol. The monoisotopic (exact) mass is 277 g/mol. The van der Waals surface area contributed by atoms with Gasteiger partial charge in [0.2, 0.25) is 0 Å². The van der Waals surface area contributed by atoms with Crippen LogP contribution in [-0.4, -0.2) is 18.8 Å². The maximum Gasteiger partial charge on any atom is 0.128 e. The van der Waals surface area contributed by atoms with Gasteiger partial charge in [-0.05, 0) is 39.8 Å². The standard InChI is InChI=1S/C17H27NO2/c1-6-12(3)19-13-8-9-14-15(18-5)11-17(4,7-2)20-16(14)10-13/h8-10,12,15,18H,6-7,11H2,1-5H3. The summed E-state index contributed by atoms with van der Waals surface area (Å²) in [5.74, 6) is 1.86. The van der Waals surface area contributed by atoms with E-state index in [0.717, 1.165) is 30.8 Å². The van der Waals surface area contributed by atoms with Gasteiger partial charge in [-0.1, -0.05) is 19.9 Å². The fourth-order valence-electron chi connectivity index (χ4n) is 2.60. The van der Waals surface area contributed by atoms with Crippen LogP contribution in [0.15, 0.2) is 18.2 Å². The van der Waals surface area contributed by atoms with E-state index in [1.165, 1.54) is 5.56 Å². The molecular weight excluding hydrogens is 250 g/mol. The molecule has 3 heteroatoms. The first kappa shape index (κ1) is 15.2. The molecule has 0 saturated carbocycles. The largest absolute Gasteiger partial charge is 0.491 e. The molecule has 0 aromatic heterocycles. The van der Waals surface area contributed by atoms with Crippen molar-refractivity contribution in [3.05, 3.63) is 23.8 Å². The van der Waals surface area contributed by atoms with E-state index < -0.39 is 0 Å². The lowest BCUT2D eigenvalue weighted by Crippen LogP contribution is -2.40.